The van der Waals surface area contributed by atoms with Gasteiger partial charge >= 0.3 is 6.18 Å². The fourth-order valence-electron chi connectivity index (χ4n) is 2.84. The summed E-state index contributed by atoms with van der Waals surface area (Å²) in [6, 6.07) is 5.07. The maximum atomic E-state index is 12.6. The zero-order valence-corrected chi connectivity index (χ0v) is 15.6. The molecule has 0 unspecified atom stereocenters. The Morgan fingerprint density at radius 3 is 2.26 bits per heavy atom. The number of hydrogen-bond acceptors (Lipinski definition) is 3. The molecule has 27 heavy (non-hydrogen) atoms. The topological polar surface area (TPSA) is 60.0 Å². The molecule has 9 heteroatoms. The van der Waals surface area contributed by atoms with Crippen LogP contribution < -0.4 is 10.6 Å². The van der Waals surface area contributed by atoms with Crippen molar-refractivity contribution in [2.75, 3.05) is 46.3 Å². The highest BCUT2D eigenvalue weighted by molar-refractivity contribution is 5.79. The van der Waals surface area contributed by atoms with E-state index in [0.29, 0.717) is 19.0 Å². The normalized spacial score (nSPS) is 16.3. The zero-order valence-electron chi connectivity index (χ0n) is 15.6. The molecule has 1 aromatic rings. The smallest absolute Gasteiger partial charge is 0.355 e. The van der Waals surface area contributed by atoms with Crippen LogP contribution in [0.5, 0.6) is 0 Å². The summed E-state index contributed by atoms with van der Waals surface area (Å²) < 4.78 is 37.7. The molecule has 1 aliphatic heterocycles. The number of nitrogens with zero attached hydrogens (tertiary/aromatic N) is 3. The third kappa shape index (κ3) is 6.74. The first kappa shape index (κ1) is 21.0. The van der Waals surface area contributed by atoms with E-state index in [2.05, 4.69) is 20.5 Å². The molecule has 0 bridgehead atoms. The number of piperazine rings is 1. The largest absolute Gasteiger partial charge is 0.416 e. The molecule has 0 aromatic heterocycles. The molecule has 0 saturated carbocycles. The van der Waals surface area contributed by atoms with Crippen LogP contribution >= 0.6 is 0 Å². The van der Waals surface area contributed by atoms with Crippen molar-refractivity contribution in [1.82, 2.24) is 20.4 Å². The number of carbonyl (C=O) groups is 1. The summed E-state index contributed by atoms with van der Waals surface area (Å²) in [7, 11) is 1.65. The van der Waals surface area contributed by atoms with Crippen molar-refractivity contribution < 1.29 is 18.0 Å². The number of carbonyl (C=O) groups excluding carboxylic acids is 1. The van der Waals surface area contributed by atoms with Crippen molar-refractivity contribution in [2.45, 2.75) is 19.6 Å². The van der Waals surface area contributed by atoms with Crippen molar-refractivity contribution in [3.05, 3.63) is 35.4 Å². The number of alkyl halides is 3. The molecule has 0 aliphatic carbocycles. The van der Waals surface area contributed by atoms with Gasteiger partial charge in [-0.25, -0.2) is 0 Å². The molecular weight excluding hydrogens is 359 g/mol. The summed E-state index contributed by atoms with van der Waals surface area (Å²) in [5.74, 6) is 0.706. The highest BCUT2D eigenvalue weighted by atomic mass is 19.4. The Morgan fingerprint density at radius 2 is 1.74 bits per heavy atom. The maximum absolute atomic E-state index is 12.6. The number of nitrogens with one attached hydrogen (secondary N) is 2. The van der Waals surface area contributed by atoms with Crippen LogP contribution in [-0.2, 0) is 17.5 Å². The van der Waals surface area contributed by atoms with Crippen molar-refractivity contribution in [3.8, 4) is 0 Å². The molecule has 1 aliphatic rings. The van der Waals surface area contributed by atoms with Crippen molar-refractivity contribution in [1.29, 1.82) is 0 Å². The minimum Gasteiger partial charge on any atom is -0.355 e. The molecule has 6 nitrogen and oxygen atoms in total. The first-order valence-electron chi connectivity index (χ1n) is 8.88. The summed E-state index contributed by atoms with van der Waals surface area (Å²) in [6.45, 7) is 6.67. The van der Waals surface area contributed by atoms with Gasteiger partial charge in [0.2, 0.25) is 5.91 Å². The third-order valence-electron chi connectivity index (χ3n) is 4.50. The van der Waals surface area contributed by atoms with E-state index in [-0.39, 0.29) is 5.91 Å². The van der Waals surface area contributed by atoms with Gasteiger partial charge in [0.05, 0.1) is 5.56 Å². The Morgan fingerprint density at radius 1 is 1.11 bits per heavy atom. The Balaban J connectivity index is 1.70. The van der Waals surface area contributed by atoms with E-state index in [4.69, 9.17) is 0 Å². The Kier molecular flexibility index (Phi) is 7.46. The first-order valence-corrected chi connectivity index (χ1v) is 8.88. The standard InChI is InChI=1S/C18H26F3N5O/c1-14(27)26-11-9-25(10-12-26)8-7-23-17(22-2)24-13-15-3-5-16(6-4-15)18(19,20)21/h3-6H,7-13H2,1-2H3,(H2,22,23,24). The summed E-state index contributed by atoms with van der Waals surface area (Å²) in [6.07, 6.45) is -4.32. The SMILES string of the molecule is CN=C(NCCN1CCN(C(C)=O)CC1)NCc1ccc(C(F)(F)F)cc1. The molecule has 0 atom stereocenters. The van der Waals surface area contributed by atoms with Gasteiger partial charge in [0.15, 0.2) is 5.96 Å². The van der Waals surface area contributed by atoms with Gasteiger partial charge in [-0.1, -0.05) is 12.1 Å². The number of benzene rings is 1. The molecule has 0 radical (unpaired) electrons. The van der Waals surface area contributed by atoms with E-state index >= 15 is 0 Å². The van der Waals surface area contributed by atoms with E-state index in [9.17, 15) is 18.0 Å². The lowest BCUT2D eigenvalue weighted by Gasteiger charge is -2.34. The molecule has 0 spiro atoms. The van der Waals surface area contributed by atoms with Gasteiger partial charge in [-0.3, -0.25) is 14.7 Å². The maximum Gasteiger partial charge on any atom is 0.416 e. The van der Waals surface area contributed by atoms with E-state index in [0.717, 1.165) is 50.4 Å². The molecule has 1 fully saturated rings. The Bertz CT molecular complexity index is 637. The van der Waals surface area contributed by atoms with Crippen LogP contribution in [0.25, 0.3) is 0 Å². The minimum absolute atomic E-state index is 0.112. The summed E-state index contributed by atoms with van der Waals surface area (Å²) in [4.78, 5) is 19.6. The van der Waals surface area contributed by atoms with E-state index in [1.807, 2.05) is 4.90 Å². The van der Waals surface area contributed by atoms with E-state index < -0.39 is 11.7 Å². The molecule has 2 N–H and O–H groups in total. The second kappa shape index (κ2) is 9.59. The molecular formula is C18H26F3N5O. The molecule has 1 saturated heterocycles. The van der Waals surface area contributed by atoms with Gasteiger partial charge in [-0.05, 0) is 17.7 Å². The molecule has 2 rings (SSSR count). The van der Waals surface area contributed by atoms with Gasteiger partial charge in [0.25, 0.3) is 0 Å². The Hall–Kier alpha value is -2.29. The lowest BCUT2D eigenvalue weighted by atomic mass is 10.1. The number of amides is 1. The van der Waals surface area contributed by atoms with Crippen LogP contribution in [0.1, 0.15) is 18.1 Å². The van der Waals surface area contributed by atoms with Crippen LogP contribution in [0.15, 0.2) is 29.3 Å². The van der Waals surface area contributed by atoms with Crippen LogP contribution in [0.4, 0.5) is 13.2 Å². The van der Waals surface area contributed by atoms with Gasteiger partial charge < -0.3 is 15.5 Å². The Labute approximate surface area is 157 Å². The predicted octanol–water partition coefficient (Wildman–Crippen LogP) is 1.53. The van der Waals surface area contributed by atoms with Crippen LogP contribution in [0.3, 0.4) is 0 Å². The second-order valence-electron chi connectivity index (χ2n) is 6.39. The highest BCUT2D eigenvalue weighted by Crippen LogP contribution is 2.28. The average Bonchev–Trinajstić information content (AvgIpc) is 2.64. The molecule has 1 aromatic carbocycles. The average molecular weight is 385 g/mol. The van der Waals surface area contributed by atoms with Crippen LogP contribution in [0.2, 0.25) is 0 Å². The van der Waals surface area contributed by atoms with Crippen molar-refractivity contribution >= 4 is 11.9 Å². The van der Waals surface area contributed by atoms with Crippen molar-refractivity contribution in [3.63, 3.8) is 0 Å². The fraction of sp³-hybridized carbons (Fsp3) is 0.556. The number of aliphatic imine (C=N–C) groups is 1. The van der Waals surface area contributed by atoms with Crippen LogP contribution in [0, 0.1) is 0 Å². The first-order chi connectivity index (χ1) is 12.8. The van der Waals surface area contributed by atoms with Gasteiger partial charge in [-0.2, -0.15) is 13.2 Å². The summed E-state index contributed by atoms with van der Waals surface area (Å²) >= 11 is 0. The quantitative estimate of drug-likeness (QED) is 0.596. The number of hydrogen-bond donors (Lipinski definition) is 2. The van der Waals surface area contributed by atoms with Gasteiger partial charge in [-0.15, -0.1) is 0 Å². The monoisotopic (exact) mass is 385 g/mol. The summed E-state index contributed by atoms with van der Waals surface area (Å²) in [5, 5.41) is 6.28. The van der Waals surface area contributed by atoms with Gasteiger partial charge in [0, 0.05) is 59.8 Å². The predicted molar refractivity (Wildman–Crippen MR) is 98.3 cm³/mol. The van der Waals surface area contributed by atoms with E-state index in [1.165, 1.54) is 12.1 Å². The van der Waals surface area contributed by atoms with E-state index in [1.54, 1.807) is 14.0 Å². The zero-order chi connectivity index (χ0) is 19.9. The molecule has 1 amide bonds. The fourth-order valence-corrected chi connectivity index (χ4v) is 2.84. The lowest BCUT2D eigenvalue weighted by Crippen LogP contribution is -2.50. The second-order valence-corrected chi connectivity index (χ2v) is 6.39. The number of rotatable bonds is 5. The molecule has 150 valence electrons. The minimum atomic E-state index is -4.32. The number of halogens is 3. The third-order valence-corrected chi connectivity index (χ3v) is 4.50. The summed E-state index contributed by atoms with van der Waals surface area (Å²) in [5.41, 5.74) is 0.0879. The molecule has 1 heterocycles. The van der Waals surface area contributed by atoms with Crippen LogP contribution in [-0.4, -0.2) is 68.0 Å². The number of guanidine groups is 1. The van der Waals surface area contributed by atoms with Gasteiger partial charge in [0.1, 0.15) is 0 Å². The highest BCUT2D eigenvalue weighted by Gasteiger charge is 2.29. The van der Waals surface area contributed by atoms with Crippen molar-refractivity contribution in [2.24, 2.45) is 4.99 Å². The lowest BCUT2D eigenvalue weighted by molar-refractivity contribution is -0.137.